The van der Waals surface area contributed by atoms with E-state index in [0.29, 0.717) is 5.92 Å². The lowest BCUT2D eigenvalue weighted by molar-refractivity contribution is -0.130. The van der Waals surface area contributed by atoms with Gasteiger partial charge in [-0.2, -0.15) is 0 Å². The summed E-state index contributed by atoms with van der Waals surface area (Å²) in [5.74, 6) is 0.998. The molecule has 1 saturated heterocycles. The molecular weight excluding hydrogens is 224 g/mol. The van der Waals surface area contributed by atoms with E-state index in [-0.39, 0.29) is 29.8 Å². The Morgan fingerprint density at radius 1 is 1.50 bits per heavy atom. The van der Waals surface area contributed by atoms with Gasteiger partial charge < -0.3 is 10.6 Å². The van der Waals surface area contributed by atoms with Gasteiger partial charge in [0.1, 0.15) is 0 Å². The zero-order valence-electron chi connectivity index (χ0n) is 10.2. The topological polar surface area (TPSA) is 41.1 Å². The van der Waals surface area contributed by atoms with Gasteiger partial charge in [0.05, 0.1) is 0 Å². The first kappa shape index (κ1) is 13.8. The molecule has 2 rings (SSSR count). The zero-order chi connectivity index (χ0) is 10.9. The second-order valence-electron chi connectivity index (χ2n) is 5.18. The van der Waals surface area contributed by atoms with Gasteiger partial charge in [0.15, 0.2) is 0 Å². The Bertz CT molecular complexity index is 244. The molecule has 0 radical (unpaired) electrons. The largest absolute Gasteiger partial charge is 0.350 e. The summed E-state index contributed by atoms with van der Waals surface area (Å²) in [5, 5.41) is 6.48. The highest BCUT2D eigenvalue weighted by atomic mass is 35.5. The van der Waals surface area contributed by atoms with E-state index >= 15 is 0 Å². The van der Waals surface area contributed by atoms with Crippen molar-refractivity contribution in [3.8, 4) is 0 Å². The van der Waals surface area contributed by atoms with Crippen molar-refractivity contribution >= 4 is 18.3 Å². The summed E-state index contributed by atoms with van der Waals surface area (Å²) in [5.41, 5.74) is 0.155. The van der Waals surface area contributed by atoms with E-state index in [4.69, 9.17) is 0 Å². The molecule has 2 aliphatic rings. The number of nitrogens with one attached hydrogen (secondary N) is 2. The maximum atomic E-state index is 12.0. The SMILES string of the molecule is CCC1(NC(=O)C(C)C2CNC2)CCC1.Cl. The van der Waals surface area contributed by atoms with Crippen molar-refractivity contribution in [2.75, 3.05) is 13.1 Å². The smallest absolute Gasteiger partial charge is 0.223 e. The Morgan fingerprint density at radius 2 is 2.12 bits per heavy atom. The molecule has 94 valence electrons. The highest BCUT2D eigenvalue weighted by Crippen LogP contribution is 2.35. The predicted octanol–water partition coefficient (Wildman–Crippen LogP) is 1.71. The lowest BCUT2D eigenvalue weighted by atomic mass is 9.74. The van der Waals surface area contributed by atoms with Gasteiger partial charge in [-0.05, 0) is 44.7 Å². The van der Waals surface area contributed by atoms with Gasteiger partial charge in [-0.1, -0.05) is 13.8 Å². The molecule has 0 aromatic heterocycles. The van der Waals surface area contributed by atoms with E-state index < -0.39 is 0 Å². The third-order valence-corrected chi connectivity index (χ3v) is 4.31. The first-order valence-electron chi connectivity index (χ1n) is 6.19. The van der Waals surface area contributed by atoms with Crippen molar-refractivity contribution in [1.82, 2.24) is 10.6 Å². The molecule has 1 atom stereocenters. The number of carbonyl (C=O) groups excluding carboxylic acids is 1. The first-order valence-corrected chi connectivity index (χ1v) is 6.19. The molecule has 2 N–H and O–H groups in total. The Hall–Kier alpha value is -0.280. The van der Waals surface area contributed by atoms with Gasteiger partial charge in [0, 0.05) is 11.5 Å². The van der Waals surface area contributed by atoms with Gasteiger partial charge in [-0.15, -0.1) is 12.4 Å². The van der Waals surface area contributed by atoms with Gasteiger partial charge in [-0.25, -0.2) is 0 Å². The van der Waals surface area contributed by atoms with Crippen LogP contribution in [0.2, 0.25) is 0 Å². The number of halogens is 1. The van der Waals surface area contributed by atoms with Crippen molar-refractivity contribution in [3.05, 3.63) is 0 Å². The van der Waals surface area contributed by atoms with Gasteiger partial charge >= 0.3 is 0 Å². The van der Waals surface area contributed by atoms with E-state index in [1.165, 1.54) is 19.3 Å². The Balaban J connectivity index is 0.00000128. The van der Waals surface area contributed by atoms with Crippen LogP contribution in [0.4, 0.5) is 0 Å². The maximum absolute atomic E-state index is 12.0. The summed E-state index contributed by atoms with van der Waals surface area (Å²) in [6, 6.07) is 0. The summed E-state index contributed by atoms with van der Waals surface area (Å²) in [4.78, 5) is 12.0. The van der Waals surface area contributed by atoms with Gasteiger partial charge in [0.2, 0.25) is 5.91 Å². The molecule has 1 heterocycles. The van der Waals surface area contributed by atoms with Crippen LogP contribution in [0.25, 0.3) is 0 Å². The molecule has 1 amide bonds. The van der Waals surface area contributed by atoms with Crippen LogP contribution < -0.4 is 10.6 Å². The van der Waals surface area contributed by atoms with Crippen molar-refractivity contribution in [1.29, 1.82) is 0 Å². The molecule has 4 heteroatoms. The minimum Gasteiger partial charge on any atom is -0.350 e. The van der Waals surface area contributed by atoms with Crippen molar-refractivity contribution in [2.24, 2.45) is 11.8 Å². The van der Waals surface area contributed by atoms with E-state index in [1.807, 2.05) is 0 Å². The summed E-state index contributed by atoms with van der Waals surface area (Å²) >= 11 is 0. The molecule has 0 bridgehead atoms. The summed E-state index contributed by atoms with van der Waals surface area (Å²) in [6.07, 6.45) is 4.69. The Labute approximate surface area is 104 Å². The minimum absolute atomic E-state index is 0. The quantitative estimate of drug-likeness (QED) is 0.793. The van der Waals surface area contributed by atoms with E-state index in [1.54, 1.807) is 0 Å². The number of carbonyl (C=O) groups is 1. The molecule has 1 unspecified atom stereocenters. The number of hydrogen-bond acceptors (Lipinski definition) is 2. The molecule has 0 aromatic rings. The van der Waals surface area contributed by atoms with Gasteiger partial charge in [0.25, 0.3) is 0 Å². The first-order chi connectivity index (χ1) is 7.17. The zero-order valence-corrected chi connectivity index (χ0v) is 11.0. The molecule has 1 saturated carbocycles. The average molecular weight is 247 g/mol. The standard InChI is InChI=1S/C12H22N2O.ClH/c1-3-12(5-4-6-12)14-11(15)9(2)10-7-13-8-10;/h9-10,13H,3-8H2,1-2H3,(H,14,15);1H. The predicted molar refractivity (Wildman–Crippen MR) is 67.8 cm³/mol. The number of amides is 1. The van der Waals surface area contributed by atoms with Crippen LogP contribution in [0.3, 0.4) is 0 Å². The third-order valence-electron chi connectivity index (χ3n) is 4.31. The maximum Gasteiger partial charge on any atom is 0.223 e. The minimum atomic E-state index is 0. The fourth-order valence-corrected chi connectivity index (χ4v) is 2.42. The highest BCUT2D eigenvalue weighted by Gasteiger charge is 2.39. The summed E-state index contributed by atoms with van der Waals surface area (Å²) < 4.78 is 0. The number of rotatable bonds is 4. The lowest BCUT2D eigenvalue weighted by Gasteiger charge is -2.43. The number of hydrogen-bond donors (Lipinski definition) is 2. The molecule has 1 aliphatic carbocycles. The normalized spacial score (nSPS) is 24.6. The van der Waals surface area contributed by atoms with Crippen LogP contribution in [-0.4, -0.2) is 24.5 Å². The van der Waals surface area contributed by atoms with Crippen LogP contribution >= 0.6 is 12.4 Å². The highest BCUT2D eigenvalue weighted by molar-refractivity contribution is 5.85. The fourth-order valence-electron chi connectivity index (χ4n) is 2.42. The van der Waals surface area contributed by atoms with Crippen molar-refractivity contribution < 1.29 is 4.79 Å². The van der Waals surface area contributed by atoms with E-state index in [0.717, 1.165) is 19.5 Å². The average Bonchev–Trinajstić information content (AvgIpc) is 2.08. The third kappa shape index (κ3) is 2.51. The van der Waals surface area contributed by atoms with Crippen LogP contribution in [0.1, 0.15) is 39.5 Å². The van der Waals surface area contributed by atoms with Crippen LogP contribution in [0.15, 0.2) is 0 Å². The summed E-state index contributed by atoms with van der Waals surface area (Å²) in [6.45, 7) is 6.25. The molecular formula is C12H23ClN2O. The van der Waals surface area contributed by atoms with Crippen molar-refractivity contribution in [3.63, 3.8) is 0 Å². The monoisotopic (exact) mass is 246 g/mol. The van der Waals surface area contributed by atoms with Crippen molar-refractivity contribution in [2.45, 2.75) is 45.1 Å². The van der Waals surface area contributed by atoms with Crippen LogP contribution in [-0.2, 0) is 4.79 Å². The Morgan fingerprint density at radius 3 is 2.44 bits per heavy atom. The van der Waals surface area contributed by atoms with E-state index in [2.05, 4.69) is 24.5 Å². The molecule has 1 aliphatic heterocycles. The lowest BCUT2D eigenvalue weighted by Crippen LogP contribution is -2.57. The molecule has 0 aromatic carbocycles. The summed E-state index contributed by atoms with van der Waals surface area (Å²) in [7, 11) is 0. The molecule has 0 spiro atoms. The fraction of sp³-hybridized carbons (Fsp3) is 0.917. The second-order valence-corrected chi connectivity index (χ2v) is 5.18. The molecule has 2 fully saturated rings. The van der Waals surface area contributed by atoms with Gasteiger partial charge in [-0.3, -0.25) is 4.79 Å². The molecule has 3 nitrogen and oxygen atoms in total. The second kappa shape index (κ2) is 5.37. The molecule has 16 heavy (non-hydrogen) atoms. The van der Waals surface area contributed by atoms with E-state index in [9.17, 15) is 4.79 Å². The Kier molecular flexibility index (Phi) is 4.62. The van der Waals surface area contributed by atoms with Crippen LogP contribution in [0, 0.1) is 11.8 Å². The van der Waals surface area contributed by atoms with Crippen LogP contribution in [0.5, 0.6) is 0 Å².